The van der Waals surface area contributed by atoms with Crippen LogP contribution in [0.25, 0.3) is 6.08 Å². The molecule has 0 bridgehead atoms. The highest BCUT2D eigenvalue weighted by molar-refractivity contribution is 5.97. The monoisotopic (exact) mass is 556 g/mol. The van der Waals surface area contributed by atoms with Gasteiger partial charge in [-0.1, -0.05) is 64.1 Å². The van der Waals surface area contributed by atoms with Gasteiger partial charge < -0.3 is 30.1 Å². The van der Waals surface area contributed by atoms with Crippen LogP contribution in [-0.2, 0) is 10.2 Å². The summed E-state index contributed by atoms with van der Waals surface area (Å²) in [6, 6.07) is 17.2. The molecular weight excluding hydrogens is 518 g/mol. The minimum atomic E-state index is -1.08. The van der Waals surface area contributed by atoms with Gasteiger partial charge in [0.15, 0.2) is 11.5 Å². The molecule has 3 aromatic rings. The maximum Gasteiger partial charge on any atom is 0.244 e. The van der Waals surface area contributed by atoms with E-state index in [2.05, 4.69) is 65.1 Å². The fourth-order valence-electron chi connectivity index (χ4n) is 6.14. The number of hydrogen-bond acceptors (Lipinski definition) is 7. The summed E-state index contributed by atoms with van der Waals surface area (Å²) in [6.07, 6.45) is 3.79. The van der Waals surface area contributed by atoms with Crippen LogP contribution in [-0.4, -0.2) is 30.5 Å². The SMILES string of the molecule is COc1cc(N([O-])O)cc2c1OC1(C=C2)N(CC(=O)Nc2c(C(C)C)cccc2C(C)C)c2ccccc2C1(C)C. The molecule has 216 valence electrons. The number of benzene rings is 3. The molecule has 1 spiro atoms. The number of nitrogens with one attached hydrogen (secondary N) is 1. The third-order valence-corrected chi connectivity index (χ3v) is 8.36. The predicted molar refractivity (Wildman–Crippen MR) is 163 cm³/mol. The van der Waals surface area contributed by atoms with Crippen molar-refractivity contribution in [2.45, 2.75) is 64.5 Å². The van der Waals surface area contributed by atoms with Gasteiger partial charge in [-0.2, -0.15) is 0 Å². The molecule has 0 saturated carbocycles. The standard InChI is InChI=1S/C33H38N3O5/c1-20(2)24-11-10-12-25(21(3)4)30(24)34-29(37)19-35-27-14-9-8-13-26(27)32(5,6)33(35)16-15-22-17-23(36(38)39)18-28(40-7)31(22)41-33/h8-18,20-21,38H,19H2,1-7H3,(H,34,37)/q-1. The second kappa shape index (κ2) is 10.4. The van der Waals surface area contributed by atoms with Crippen molar-refractivity contribution in [3.63, 3.8) is 0 Å². The van der Waals surface area contributed by atoms with Crippen molar-refractivity contribution in [3.8, 4) is 11.5 Å². The number of carbonyl (C=O) groups is 1. The summed E-state index contributed by atoms with van der Waals surface area (Å²) in [5.74, 6) is 1.06. The minimum absolute atomic E-state index is 0.0276. The van der Waals surface area contributed by atoms with E-state index in [9.17, 15) is 15.2 Å². The van der Waals surface area contributed by atoms with Gasteiger partial charge in [0, 0.05) is 23.0 Å². The summed E-state index contributed by atoms with van der Waals surface area (Å²) in [4.78, 5) is 15.9. The van der Waals surface area contributed by atoms with Gasteiger partial charge in [-0.3, -0.25) is 10.0 Å². The molecule has 5 rings (SSSR count). The zero-order chi connectivity index (χ0) is 29.7. The van der Waals surface area contributed by atoms with E-state index in [1.165, 1.54) is 19.2 Å². The maximum atomic E-state index is 13.9. The number of carbonyl (C=O) groups excluding carboxylic acids is 1. The van der Waals surface area contributed by atoms with Gasteiger partial charge in [0.1, 0.15) is 6.54 Å². The van der Waals surface area contributed by atoms with Crippen molar-refractivity contribution >= 4 is 29.0 Å². The van der Waals surface area contributed by atoms with Gasteiger partial charge in [-0.15, -0.1) is 0 Å². The molecule has 2 N–H and O–H groups in total. The molecule has 3 aromatic carbocycles. The van der Waals surface area contributed by atoms with Gasteiger partial charge in [0.05, 0.1) is 18.2 Å². The maximum absolute atomic E-state index is 13.9. The van der Waals surface area contributed by atoms with Crippen LogP contribution in [0.3, 0.4) is 0 Å². The lowest BCUT2D eigenvalue weighted by atomic mass is 9.76. The highest BCUT2D eigenvalue weighted by Crippen LogP contribution is 2.56. The van der Waals surface area contributed by atoms with Crippen molar-refractivity contribution in [2.24, 2.45) is 0 Å². The van der Waals surface area contributed by atoms with Crippen molar-refractivity contribution < 1.29 is 19.5 Å². The highest BCUT2D eigenvalue weighted by atomic mass is 16.8. The fraction of sp³-hybridized carbons (Fsp3) is 0.364. The first kappa shape index (κ1) is 28.5. The molecule has 0 radical (unpaired) electrons. The average molecular weight is 557 g/mol. The normalized spacial score (nSPS) is 18.4. The molecule has 0 aliphatic carbocycles. The Hall–Kier alpha value is -4.01. The Bertz CT molecular complexity index is 1480. The quantitative estimate of drug-likeness (QED) is 0.298. The van der Waals surface area contributed by atoms with E-state index < -0.39 is 11.1 Å². The van der Waals surface area contributed by atoms with E-state index in [0.717, 1.165) is 28.1 Å². The van der Waals surface area contributed by atoms with Crippen LogP contribution in [0.1, 0.15) is 75.6 Å². The number of fused-ring (bicyclic) bond motifs is 2. The summed E-state index contributed by atoms with van der Waals surface area (Å²) in [6.45, 7) is 12.7. The molecule has 2 aliphatic heterocycles. The lowest BCUT2D eigenvalue weighted by Crippen LogP contribution is -2.61. The Balaban J connectivity index is 1.58. The summed E-state index contributed by atoms with van der Waals surface area (Å²) in [5, 5.41) is 24.2. The van der Waals surface area contributed by atoms with Crippen molar-refractivity contribution in [1.29, 1.82) is 0 Å². The van der Waals surface area contributed by atoms with Crippen LogP contribution in [0.5, 0.6) is 11.5 Å². The molecule has 0 aromatic heterocycles. The van der Waals surface area contributed by atoms with Gasteiger partial charge in [-0.05, 0) is 66.7 Å². The lowest BCUT2D eigenvalue weighted by Gasteiger charge is -2.47. The second-order valence-electron chi connectivity index (χ2n) is 11.9. The molecule has 8 nitrogen and oxygen atoms in total. The number of rotatable bonds is 7. The molecule has 0 fully saturated rings. The molecule has 0 saturated heterocycles. The third-order valence-electron chi connectivity index (χ3n) is 8.36. The number of ether oxygens (including phenoxy) is 2. The molecular formula is C33H38N3O5-. The van der Waals surface area contributed by atoms with Gasteiger partial charge in [0.2, 0.25) is 11.6 Å². The van der Waals surface area contributed by atoms with E-state index in [1.807, 2.05) is 41.3 Å². The zero-order valence-corrected chi connectivity index (χ0v) is 24.7. The van der Waals surface area contributed by atoms with E-state index in [-0.39, 0.29) is 35.2 Å². The zero-order valence-electron chi connectivity index (χ0n) is 24.7. The third kappa shape index (κ3) is 4.61. The van der Waals surface area contributed by atoms with E-state index in [1.54, 1.807) is 0 Å². The molecule has 1 amide bonds. The number of anilines is 3. The number of amides is 1. The number of methoxy groups -OCH3 is 1. The van der Waals surface area contributed by atoms with Crippen LogP contribution >= 0.6 is 0 Å². The summed E-state index contributed by atoms with van der Waals surface area (Å²) < 4.78 is 12.4. The molecule has 41 heavy (non-hydrogen) atoms. The van der Waals surface area contributed by atoms with Crippen LogP contribution in [0, 0.1) is 5.21 Å². The Labute approximate surface area is 241 Å². The second-order valence-corrected chi connectivity index (χ2v) is 11.9. The van der Waals surface area contributed by atoms with Crippen LogP contribution < -0.4 is 24.9 Å². The van der Waals surface area contributed by atoms with Crippen LogP contribution in [0.4, 0.5) is 17.1 Å². The van der Waals surface area contributed by atoms with Crippen LogP contribution in [0.2, 0.25) is 0 Å². The minimum Gasteiger partial charge on any atom is -0.733 e. The lowest BCUT2D eigenvalue weighted by molar-refractivity contribution is -0.115. The molecule has 1 unspecified atom stereocenters. The van der Waals surface area contributed by atoms with Crippen molar-refractivity contribution in [3.05, 3.63) is 88.1 Å². The number of hydrogen-bond donors (Lipinski definition) is 2. The summed E-state index contributed by atoms with van der Waals surface area (Å²) in [5.41, 5.74) is 3.97. The Morgan fingerprint density at radius 3 is 2.34 bits per heavy atom. The van der Waals surface area contributed by atoms with Crippen molar-refractivity contribution in [2.75, 3.05) is 29.1 Å². The first-order valence-electron chi connectivity index (χ1n) is 14.0. The number of para-hydroxylation sites is 2. The summed E-state index contributed by atoms with van der Waals surface area (Å²) >= 11 is 0. The van der Waals surface area contributed by atoms with Gasteiger partial charge >= 0.3 is 0 Å². The predicted octanol–water partition coefficient (Wildman–Crippen LogP) is 7.17. The first-order valence-corrected chi connectivity index (χ1v) is 14.0. The highest BCUT2D eigenvalue weighted by Gasteiger charge is 2.59. The van der Waals surface area contributed by atoms with Crippen LogP contribution in [0.15, 0.2) is 60.7 Å². The van der Waals surface area contributed by atoms with E-state index in [4.69, 9.17) is 9.47 Å². The van der Waals surface area contributed by atoms with Gasteiger partial charge in [0.25, 0.3) is 0 Å². The molecule has 2 aliphatic rings. The average Bonchev–Trinajstić information content (AvgIpc) is 3.10. The van der Waals surface area contributed by atoms with E-state index in [0.29, 0.717) is 17.1 Å². The van der Waals surface area contributed by atoms with Gasteiger partial charge in [-0.25, -0.2) is 0 Å². The largest absolute Gasteiger partial charge is 0.733 e. The Morgan fingerprint density at radius 1 is 1.07 bits per heavy atom. The van der Waals surface area contributed by atoms with E-state index >= 15 is 0 Å². The fourth-order valence-corrected chi connectivity index (χ4v) is 6.14. The molecule has 2 heterocycles. The molecule has 1 atom stereocenters. The molecule has 8 heteroatoms. The van der Waals surface area contributed by atoms with Crippen molar-refractivity contribution in [1.82, 2.24) is 0 Å². The smallest absolute Gasteiger partial charge is 0.244 e. The summed E-state index contributed by atoms with van der Waals surface area (Å²) in [7, 11) is 1.48. The topological polar surface area (TPSA) is 97.3 Å². The number of nitrogens with zero attached hydrogens (tertiary/aromatic N) is 2. The first-order chi connectivity index (χ1) is 19.4. The Kier molecular flexibility index (Phi) is 7.26. The Morgan fingerprint density at radius 2 is 1.73 bits per heavy atom.